The van der Waals surface area contributed by atoms with E-state index in [1.165, 1.54) is 141 Å². The Morgan fingerprint density at radius 2 is 0.660 bits per heavy atom. The summed E-state index contributed by atoms with van der Waals surface area (Å²) in [6.45, 7) is 8.78. The predicted octanol–water partition coefficient (Wildman–Crippen LogP) is 12.7. The number of hydrogen-bond donors (Lipinski definition) is 0. The molecule has 0 aromatic rings. The van der Waals surface area contributed by atoms with Gasteiger partial charge in [0.25, 0.3) is 0 Å². The molecular formula is C42H82CaO8S2. The fraction of sp³-hybridized carbons (Fsp3) is 0.905. The van der Waals surface area contributed by atoms with Gasteiger partial charge in [-0.1, -0.05) is 206 Å². The molecule has 11 heteroatoms. The molecule has 0 aliphatic heterocycles. The van der Waals surface area contributed by atoms with Crippen molar-refractivity contribution in [1.82, 2.24) is 0 Å². The van der Waals surface area contributed by atoms with Gasteiger partial charge in [0.05, 0.1) is 13.2 Å². The first-order valence-electron chi connectivity index (χ1n) is 21.5. The second kappa shape index (κ2) is 43.6. The average molecular weight is 819 g/mol. The van der Waals surface area contributed by atoms with Crippen LogP contribution in [0.3, 0.4) is 0 Å². The third kappa shape index (κ3) is 52.5. The largest absolute Gasteiger partial charge is 2.00 e. The third-order valence-corrected chi connectivity index (χ3v) is 10.3. The van der Waals surface area contributed by atoms with Gasteiger partial charge in [0.1, 0.15) is 0 Å². The van der Waals surface area contributed by atoms with E-state index in [1.54, 1.807) is 0 Å². The Labute approximate surface area is 359 Å². The summed E-state index contributed by atoms with van der Waals surface area (Å²) in [6.07, 6.45) is 44.8. The van der Waals surface area contributed by atoms with Gasteiger partial charge < -0.3 is 9.11 Å². The molecule has 312 valence electrons. The topological polar surface area (TPSA) is 133 Å². The molecule has 0 radical (unpaired) electrons. The van der Waals surface area contributed by atoms with Crippen molar-refractivity contribution >= 4 is 58.5 Å². The maximum atomic E-state index is 10.7. The van der Waals surface area contributed by atoms with E-state index < -0.39 is 20.8 Å². The molecule has 2 atom stereocenters. The van der Waals surface area contributed by atoms with Gasteiger partial charge in [-0.2, -0.15) is 0 Å². The van der Waals surface area contributed by atoms with Gasteiger partial charge in [-0.15, -0.1) is 0 Å². The molecule has 2 unspecified atom stereocenters. The van der Waals surface area contributed by atoms with Gasteiger partial charge in [-0.25, -0.2) is 16.8 Å². The molecule has 0 aromatic carbocycles. The Bertz CT molecular complexity index is 923. The van der Waals surface area contributed by atoms with Crippen LogP contribution in [0.2, 0.25) is 0 Å². The Morgan fingerprint density at radius 3 is 0.925 bits per heavy atom. The second-order valence-corrected chi connectivity index (χ2v) is 16.8. The summed E-state index contributed by atoms with van der Waals surface area (Å²) in [6, 6.07) is 0. The fourth-order valence-electron chi connectivity index (χ4n) is 6.20. The predicted molar refractivity (Wildman–Crippen MR) is 224 cm³/mol. The van der Waals surface area contributed by atoms with Crippen LogP contribution in [-0.2, 0) is 29.2 Å². The fourth-order valence-corrected chi connectivity index (χ4v) is 6.88. The van der Waals surface area contributed by atoms with Crippen LogP contribution in [0.5, 0.6) is 0 Å². The first-order chi connectivity index (χ1) is 25.0. The zero-order valence-electron chi connectivity index (χ0n) is 34.9. The van der Waals surface area contributed by atoms with Crippen LogP contribution < -0.4 is 0 Å². The Morgan fingerprint density at radius 1 is 0.415 bits per heavy atom. The molecule has 0 saturated heterocycles. The zero-order valence-corrected chi connectivity index (χ0v) is 38.7. The van der Waals surface area contributed by atoms with Crippen LogP contribution >= 0.6 is 0 Å². The van der Waals surface area contributed by atoms with Gasteiger partial charge in [-0.3, -0.25) is 8.37 Å². The van der Waals surface area contributed by atoms with Crippen LogP contribution in [0.25, 0.3) is 0 Å². The maximum absolute atomic E-state index is 10.7. The molecule has 0 aliphatic rings. The van der Waals surface area contributed by atoms with E-state index >= 15 is 0 Å². The van der Waals surface area contributed by atoms with Crippen molar-refractivity contribution in [2.24, 2.45) is 11.8 Å². The van der Waals surface area contributed by atoms with Crippen molar-refractivity contribution in [3.05, 3.63) is 24.3 Å². The SMILES string of the molecule is CCCCC/C=C/C(CCCCCCCCCCCC)COS(=O)(=O)[O-].CCCCC/C=C/C(CCCCCCCCCCCC)COS(=O)(=O)[O-].[Ca+2]. The summed E-state index contributed by atoms with van der Waals surface area (Å²) in [5.41, 5.74) is 0. The Hall–Kier alpha value is 0.480. The Balaban J connectivity index is -0.000000926. The first kappa shape index (κ1) is 57.8. The molecule has 8 nitrogen and oxygen atoms in total. The molecule has 0 bridgehead atoms. The average Bonchev–Trinajstić information content (AvgIpc) is 3.09. The van der Waals surface area contributed by atoms with Crippen LogP contribution in [0, 0.1) is 11.8 Å². The maximum Gasteiger partial charge on any atom is 2.00 e. The van der Waals surface area contributed by atoms with E-state index in [0.717, 1.165) is 51.4 Å². The molecule has 0 rings (SSSR count). The quantitative estimate of drug-likeness (QED) is 0.0198. The summed E-state index contributed by atoms with van der Waals surface area (Å²) in [5, 5.41) is 0. The molecular weight excluding hydrogens is 737 g/mol. The second-order valence-electron chi connectivity index (χ2n) is 14.7. The van der Waals surface area contributed by atoms with Crippen molar-refractivity contribution in [3.8, 4) is 0 Å². The molecule has 0 aromatic heterocycles. The zero-order chi connectivity index (χ0) is 39.0. The molecule has 53 heavy (non-hydrogen) atoms. The first-order valence-corrected chi connectivity index (χ1v) is 24.2. The summed E-state index contributed by atoms with van der Waals surface area (Å²) < 4.78 is 73.1. The molecule has 0 amide bonds. The van der Waals surface area contributed by atoms with Crippen LogP contribution in [-0.4, -0.2) is 76.9 Å². The summed E-state index contributed by atoms with van der Waals surface area (Å²) in [5.74, 6) is 0.0452. The van der Waals surface area contributed by atoms with E-state index in [1.807, 2.05) is 12.2 Å². The summed E-state index contributed by atoms with van der Waals surface area (Å²) in [7, 11) is -9.19. The molecule has 0 saturated carbocycles. The Kier molecular flexibility index (Phi) is 47.5. The van der Waals surface area contributed by atoms with Gasteiger partial charge in [-0.05, 0) is 38.5 Å². The molecule has 0 heterocycles. The molecule has 0 fully saturated rings. The molecule has 0 N–H and O–H groups in total. The summed E-state index contributed by atoms with van der Waals surface area (Å²) in [4.78, 5) is 0. The smallest absolute Gasteiger partial charge is 0.726 e. The van der Waals surface area contributed by atoms with Gasteiger partial charge in [0.15, 0.2) is 0 Å². The van der Waals surface area contributed by atoms with Gasteiger partial charge in [0, 0.05) is 11.8 Å². The number of allylic oxidation sites excluding steroid dienone is 2. The van der Waals surface area contributed by atoms with Crippen LogP contribution in [0.15, 0.2) is 24.3 Å². The van der Waals surface area contributed by atoms with E-state index in [2.05, 4.69) is 48.2 Å². The van der Waals surface area contributed by atoms with Crippen LogP contribution in [0.1, 0.15) is 220 Å². The minimum absolute atomic E-state index is 0. The normalized spacial score (nSPS) is 13.2. The van der Waals surface area contributed by atoms with E-state index in [-0.39, 0.29) is 62.8 Å². The van der Waals surface area contributed by atoms with Crippen molar-refractivity contribution in [1.29, 1.82) is 0 Å². The summed E-state index contributed by atoms with van der Waals surface area (Å²) >= 11 is 0. The minimum atomic E-state index is -4.59. The van der Waals surface area contributed by atoms with Crippen molar-refractivity contribution in [2.45, 2.75) is 220 Å². The van der Waals surface area contributed by atoms with Crippen LogP contribution in [0.4, 0.5) is 0 Å². The van der Waals surface area contributed by atoms with Gasteiger partial charge in [0.2, 0.25) is 20.8 Å². The third-order valence-electron chi connectivity index (χ3n) is 9.48. The van der Waals surface area contributed by atoms with E-state index in [4.69, 9.17) is 0 Å². The monoisotopic (exact) mass is 819 g/mol. The molecule has 0 spiro atoms. The number of unbranched alkanes of at least 4 members (excludes halogenated alkanes) is 24. The van der Waals surface area contributed by atoms with Crippen molar-refractivity contribution in [3.63, 3.8) is 0 Å². The van der Waals surface area contributed by atoms with E-state index in [9.17, 15) is 25.9 Å². The van der Waals surface area contributed by atoms with Crippen molar-refractivity contribution < 1.29 is 34.3 Å². The van der Waals surface area contributed by atoms with E-state index in [0.29, 0.717) is 0 Å². The minimum Gasteiger partial charge on any atom is -0.726 e. The number of rotatable bonds is 38. The molecule has 0 aliphatic carbocycles. The number of hydrogen-bond acceptors (Lipinski definition) is 8. The van der Waals surface area contributed by atoms with Crippen molar-refractivity contribution in [2.75, 3.05) is 13.2 Å². The van der Waals surface area contributed by atoms with Gasteiger partial charge >= 0.3 is 37.7 Å². The standard InChI is InChI=1S/2C21H42O4S.Ca/c2*1-3-5-7-9-10-11-12-13-15-17-19-21(20-25-26(22,23)24)18-16-14-8-6-4-2;/h2*16,18,21H,3-15,17,19-20H2,1-2H3,(H,22,23,24);/q;;+2/p-2/b2*18-16+;.